The fourth-order valence-electron chi connectivity index (χ4n) is 7.17. The van der Waals surface area contributed by atoms with Gasteiger partial charge in [-0.3, -0.25) is 18.8 Å². The number of ether oxygens (including phenoxy) is 1. The third kappa shape index (κ3) is 4.91. The maximum Gasteiger partial charge on any atom is 0.418 e. The van der Waals surface area contributed by atoms with Crippen molar-refractivity contribution in [2.45, 2.75) is 69.4 Å². The summed E-state index contributed by atoms with van der Waals surface area (Å²) in [5.41, 5.74) is 6.90. The van der Waals surface area contributed by atoms with Gasteiger partial charge in [0, 0.05) is 37.5 Å². The molecule has 2 aromatic heterocycles. The number of alkyl halides is 3. The topological polar surface area (TPSA) is 66.2 Å². The number of fused-ring (bicyclic) bond motifs is 1. The number of aromatic nitrogens is 2. The van der Waals surface area contributed by atoms with Crippen molar-refractivity contribution in [2.24, 2.45) is 5.92 Å². The van der Waals surface area contributed by atoms with Gasteiger partial charge in [-0.25, -0.2) is 15.6 Å². The lowest BCUT2D eigenvalue weighted by atomic mass is 9.60. The molecule has 41 heavy (non-hydrogen) atoms. The lowest BCUT2D eigenvalue weighted by Crippen LogP contribution is -2.61. The van der Waals surface area contributed by atoms with E-state index in [1.807, 2.05) is 32.2 Å². The van der Waals surface area contributed by atoms with Crippen LogP contribution in [0.3, 0.4) is 0 Å². The summed E-state index contributed by atoms with van der Waals surface area (Å²) in [6.07, 6.45) is 2.16. The van der Waals surface area contributed by atoms with Crippen LogP contribution in [-0.4, -0.2) is 65.0 Å². The van der Waals surface area contributed by atoms with Gasteiger partial charge >= 0.3 is 11.9 Å². The molecular formula is C30H39F3N6O2. The second-order valence-corrected chi connectivity index (χ2v) is 12.3. The van der Waals surface area contributed by atoms with Gasteiger partial charge in [0.2, 0.25) is 0 Å². The molecule has 222 valence electrons. The van der Waals surface area contributed by atoms with Gasteiger partial charge < -0.3 is 4.74 Å². The van der Waals surface area contributed by atoms with Gasteiger partial charge in [0.15, 0.2) is 0 Å². The molecule has 1 saturated carbocycles. The fourth-order valence-corrected chi connectivity index (χ4v) is 7.17. The number of hydrogen-bond donors (Lipinski definition) is 2. The first-order valence-corrected chi connectivity index (χ1v) is 14.4. The van der Waals surface area contributed by atoms with E-state index in [2.05, 4.69) is 27.6 Å². The van der Waals surface area contributed by atoms with E-state index in [0.717, 1.165) is 44.3 Å². The van der Waals surface area contributed by atoms with Crippen LogP contribution in [0.25, 0.3) is 11.2 Å². The Labute approximate surface area is 238 Å². The van der Waals surface area contributed by atoms with Gasteiger partial charge in [0.1, 0.15) is 0 Å². The van der Waals surface area contributed by atoms with Crippen molar-refractivity contribution in [1.29, 1.82) is 0 Å². The van der Waals surface area contributed by atoms with Crippen LogP contribution in [0.4, 0.5) is 13.2 Å². The van der Waals surface area contributed by atoms with Gasteiger partial charge in [0.25, 0.3) is 0 Å². The summed E-state index contributed by atoms with van der Waals surface area (Å²) in [7, 11) is 3.75. The Bertz CT molecular complexity index is 1480. The van der Waals surface area contributed by atoms with Crippen molar-refractivity contribution in [2.75, 3.05) is 33.9 Å². The monoisotopic (exact) mass is 572 g/mol. The van der Waals surface area contributed by atoms with Crippen LogP contribution >= 0.6 is 0 Å². The van der Waals surface area contributed by atoms with Crippen molar-refractivity contribution in [3.63, 3.8) is 0 Å². The quantitative estimate of drug-likeness (QED) is 0.460. The molecule has 2 N–H and O–H groups in total. The Kier molecular flexibility index (Phi) is 7.30. The highest BCUT2D eigenvalue weighted by Gasteiger charge is 2.53. The molecule has 2 aliphatic heterocycles. The summed E-state index contributed by atoms with van der Waals surface area (Å²) >= 11 is 0. The number of imidazole rings is 1. The van der Waals surface area contributed by atoms with Crippen LogP contribution in [0.2, 0.25) is 0 Å². The highest BCUT2D eigenvalue weighted by molar-refractivity contribution is 5.58. The lowest BCUT2D eigenvalue weighted by Gasteiger charge is -2.52. The van der Waals surface area contributed by atoms with Crippen LogP contribution in [0.15, 0.2) is 47.5 Å². The average molecular weight is 573 g/mol. The van der Waals surface area contributed by atoms with Crippen molar-refractivity contribution < 1.29 is 17.9 Å². The van der Waals surface area contributed by atoms with Gasteiger partial charge in [-0.1, -0.05) is 19.1 Å². The maximum absolute atomic E-state index is 14.4. The molecule has 0 spiro atoms. The van der Waals surface area contributed by atoms with Gasteiger partial charge in [0.05, 0.1) is 35.7 Å². The Morgan fingerprint density at radius 1 is 1.17 bits per heavy atom. The number of pyridine rings is 1. The molecule has 1 unspecified atom stereocenters. The second-order valence-electron chi connectivity index (χ2n) is 12.3. The van der Waals surface area contributed by atoms with Crippen molar-refractivity contribution in [3.8, 4) is 5.69 Å². The van der Waals surface area contributed by atoms with Crippen LogP contribution in [0.5, 0.6) is 0 Å². The standard InChI is InChI=1S/C30H39F3N6O2/c1-19-7-6-10-37(15-19)20(2)21-11-25(30(31,32)33)26-17-38(28(40)39(26)16-21)23-9-5-8-22(12-23)29(13-24(14-29)41-4)27-35-34-18-36(27)3/h5,8-9,11-12,16-17,19-20,24,27,34-35H,6-7,10,13-15,18H2,1-4H3/t19-,20-,24-,27?,29+/m0/s1. The smallest absolute Gasteiger partial charge is 0.381 e. The number of likely N-dealkylation sites (tertiary alicyclic amines) is 1. The van der Waals surface area contributed by atoms with Crippen LogP contribution < -0.4 is 16.5 Å². The molecule has 1 aliphatic carbocycles. The molecule has 1 aromatic carbocycles. The SMILES string of the molecule is CO[C@H]1C[C@@](c2cccc(-n3cc4c(C(F)(F)F)cc([C@H](C)N5CCC[C@H](C)C5)cn4c3=O)c2)(C2NNCN2C)C1. The number of hydrogen-bond acceptors (Lipinski definition) is 6. The summed E-state index contributed by atoms with van der Waals surface area (Å²) in [4.78, 5) is 18.2. The average Bonchev–Trinajstić information content (AvgIpc) is 3.50. The highest BCUT2D eigenvalue weighted by Crippen LogP contribution is 2.49. The lowest BCUT2D eigenvalue weighted by molar-refractivity contribution is -0.136. The summed E-state index contributed by atoms with van der Waals surface area (Å²) in [5, 5.41) is 0. The molecular weight excluding hydrogens is 533 g/mol. The van der Waals surface area contributed by atoms with E-state index in [0.29, 0.717) is 23.8 Å². The van der Waals surface area contributed by atoms with Gasteiger partial charge in [-0.05, 0) is 81.4 Å². The highest BCUT2D eigenvalue weighted by atomic mass is 19.4. The van der Waals surface area contributed by atoms with Gasteiger partial charge in [-0.15, -0.1) is 0 Å². The van der Waals surface area contributed by atoms with E-state index < -0.39 is 17.4 Å². The zero-order valence-corrected chi connectivity index (χ0v) is 24.0. The van der Waals surface area contributed by atoms with Gasteiger partial charge in [-0.2, -0.15) is 13.2 Å². The number of likely N-dealkylation sites (N-methyl/N-ethyl adjacent to an activating group) is 1. The Morgan fingerprint density at radius 3 is 2.61 bits per heavy atom. The number of benzene rings is 1. The zero-order chi connectivity index (χ0) is 29.1. The summed E-state index contributed by atoms with van der Waals surface area (Å²) in [6.45, 7) is 6.45. The molecule has 0 radical (unpaired) electrons. The van der Waals surface area contributed by atoms with Crippen molar-refractivity contribution >= 4 is 5.52 Å². The molecule has 6 rings (SSSR count). The number of hydrazine groups is 1. The molecule has 8 nitrogen and oxygen atoms in total. The molecule has 3 aromatic rings. The molecule has 11 heteroatoms. The molecule has 3 atom stereocenters. The Balaban J connectivity index is 1.43. The maximum atomic E-state index is 14.4. The first-order chi connectivity index (χ1) is 19.5. The molecule has 2 saturated heterocycles. The largest absolute Gasteiger partial charge is 0.418 e. The summed E-state index contributed by atoms with van der Waals surface area (Å²) in [6, 6.07) is 8.61. The first kappa shape index (κ1) is 28.4. The first-order valence-electron chi connectivity index (χ1n) is 14.4. The Hall–Kier alpha value is -2.70. The van der Waals surface area contributed by atoms with Crippen LogP contribution in [0, 0.1) is 5.92 Å². The number of methoxy groups -OCH3 is 1. The molecule has 0 amide bonds. The van der Waals surface area contributed by atoms with E-state index in [4.69, 9.17) is 4.74 Å². The van der Waals surface area contributed by atoms with E-state index in [1.54, 1.807) is 19.4 Å². The number of piperidine rings is 1. The third-order valence-corrected chi connectivity index (χ3v) is 9.56. The Morgan fingerprint density at radius 2 is 1.95 bits per heavy atom. The number of rotatable bonds is 6. The minimum atomic E-state index is -4.60. The summed E-state index contributed by atoms with van der Waals surface area (Å²) < 4.78 is 51.3. The predicted molar refractivity (Wildman–Crippen MR) is 151 cm³/mol. The molecule has 3 aliphatic rings. The van der Waals surface area contributed by atoms with Crippen LogP contribution in [-0.2, 0) is 16.3 Å². The van der Waals surface area contributed by atoms with E-state index in [1.165, 1.54) is 21.2 Å². The normalized spacial score (nSPS) is 28.7. The predicted octanol–water partition coefficient (Wildman–Crippen LogP) is 4.27. The van der Waals surface area contributed by atoms with Crippen LogP contribution in [0.1, 0.15) is 62.3 Å². The number of halogens is 3. The summed E-state index contributed by atoms with van der Waals surface area (Å²) in [5.74, 6) is 0.487. The minimum absolute atomic E-state index is 0.00682. The van der Waals surface area contributed by atoms with Crippen molar-refractivity contribution in [3.05, 3.63) is 69.9 Å². The fraction of sp³-hybridized carbons (Fsp3) is 0.567. The molecule has 0 bridgehead atoms. The second kappa shape index (κ2) is 10.5. The zero-order valence-electron chi connectivity index (χ0n) is 24.0. The van der Waals surface area contributed by atoms with Crippen molar-refractivity contribution in [1.82, 2.24) is 29.6 Å². The van der Waals surface area contributed by atoms with E-state index >= 15 is 0 Å². The molecule has 4 heterocycles. The minimum Gasteiger partial charge on any atom is -0.381 e. The number of nitrogens with one attached hydrogen (secondary N) is 2. The third-order valence-electron chi connectivity index (χ3n) is 9.56. The molecule has 3 fully saturated rings. The number of nitrogens with zero attached hydrogens (tertiary/aromatic N) is 4. The van der Waals surface area contributed by atoms with E-state index in [9.17, 15) is 18.0 Å². The van der Waals surface area contributed by atoms with E-state index in [-0.39, 0.29) is 29.2 Å².